The highest BCUT2D eigenvalue weighted by molar-refractivity contribution is 7.80. The summed E-state index contributed by atoms with van der Waals surface area (Å²) < 4.78 is 7.01. The van der Waals surface area contributed by atoms with Crippen molar-refractivity contribution >= 4 is 34.9 Å². The summed E-state index contributed by atoms with van der Waals surface area (Å²) in [6.07, 6.45) is 2.05. The van der Waals surface area contributed by atoms with Crippen LogP contribution in [0.4, 0.5) is 5.69 Å². The van der Waals surface area contributed by atoms with Crippen molar-refractivity contribution < 1.29 is 14.3 Å². The molecule has 1 amide bonds. The third-order valence-electron chi connectivity index (χ3n) is 7.53. The molecule has 9 heteroatoms. The van der Waals surface area contributed by atoms with Crippen molar-refractivity contribution in [1.82, 2.24) is 19.8 Å². The number of methoxy groups -OCH3 is 1. The summed E-state index contributed by atoms with van der Waals surface area (Å²) in [6.45, 7) is 6.55. The number of hydrogen-bond acceptors (Lipinski definition) is 5. The number of ether oxygens (including phenoxy) is 1. The fraction of sp³-hybridized carbons (Fsp3) is 0.250. The van der Waals surface area contributed by atoms with Crippen LogP contribution >= 0.6 is 12.2 Å². The van der Waals surface area contributed by atoms with Crippen molar-refractivity contribution in [3.8, 4) is 5.69 Å². The zero-order valence-corrected chi connectivity index (χ0v) is 24.4. The van der Waals surface area contributed by atoms with Crippen molar-refractivity contribution in [2.24, 2.45) is 0 Å². The summed E-state index contributed by atoms with van der Waals surface area (Å²) in [6, 6.07) is 22.7. The lowest BCUT2D eigenvalue weighted by Gasteiger charge is -2.28. The second-order valence-corrected chi connectivity index (χ2v) is 10.5. The zero-order valence-electron chi connectivity index (χ0n) is 23.5. The average Bonchev–Trinajstić information content (AvgIpc) is 3.47. The van der Waals surface area contributed by atoms with Crippen molar-refractivity contribution in [2.45, 2.75) is 39.3 Å². The van der Waals surface area contributed by atoms with E-state index < -0.39 is 0 Å². The lowest BCUT2D eigenvalue weighted by Crippen LogP contribution is -2.33. The van der Waals surface area contributed by atoms with Gasteiger partial charge in [0.15, 0.2) is 5.11 Å². The predicted molar refractivity (Wildman–Crippen MR) is 163 cm³/mol. The molecule has 1 fully saturated rings. The van der Waals surface area contributed by atoms with E-state index in [1.807, 2.05) is 61.5 Å². The van der Waals surface area contributed by atoms with Gasteiger partial charge >= 0.3 is 5.97 Å². The van der Waals surface area contributed by atoms with Gasteiger partial charge in [-0.15, -0.1) is 0 Å². The number of nitrogens with one attached hydrogen (secondary N) is 2. The molecule has 210 valence electrons. The standard InChI is InChI=1S/C32H33N5O3S/c1-20-9-5-6-10-26(20)34-28(38)16-18-36-30(29(35-32(36)41)27-11-7-8-17-33-27)25-19-21(2)37(22(25)3)24-14-12-23(13-15-24)31(39)40-4/h5-15,17,19,29-30H,16,18H2,1-4H3,(H,34,38)(H,35,41)/t29-,30+/m0/s1. The highest BCUT2D eigenvalue weighted by atomic mass is 32.1. The number of hydrogen-bond donors (Lipinski definition) is 2. The Balaban J connectivity index is 1.47. The van der Waals surface area contributed by atoms with E-state index in [2.05, 4.69) is 45.0 Å². The second kappa shape index (κ2) is 11.9. The number of aromatic nitrogens is 2. The number of benzene rings is 2. The van der Waals surface area contributed by atoms with Crippen LogP contribution in [0.3, 0.4) is 0 Å². The van der Waals surface area contributed by atoms with Gasteiger partial charge in [-0.1, -0.05) is 24.3 Å². The fourth-order valence-corrected chi connectivity index (χ4v) is 5.81. The van der Waals surface area contributed by atoms with Crippen LogP contribution in [-0.4, -0.2) is 45.1 Å². The summed E-state index contributed by atoms with van der Waals surface area (Å²) in [7, 11) is 1.37. The van der Waals surface area contributed by atoms with Gasteiger partial charge in [0.1, 0.15) is 0 Å². The van der Waals surface area contributed by atoms with Crippen molar-refractivity contribution in [1.29, 1.82) is 0 Å². The second-order valence-electron chi connectivity index (χ2n) is 10.1. The Bertz CT molecular complexity index is 1580. The number of esters is 1. The van der Waals surface area contributed by atoms with Crippen LogP contribution in [0.5, 0.6) is 0 Å². The summed E-state index contributed by atoms with van der Waals surface area (Å²) in [5.74, 6) is -0.442. The third-order valence-corrected chi connectivity index (χ3v) is 7.88. The molecule has 0 bridgehead atoms. The number of thiocarbonyl (C=S) groups is 1. The molecule has 1 aliphatic heterocycles. The largest absolute Gasteiger partial charge is 0.465 e. The summed E-state index contributed by atoms with van der Waals surface area (Å²) in [4.78, 5) is 31.7. The Kier molecular flexibility index (Phi) is 8.16. The van der Waals surface area contributed by atoms with Gasteiger partial charge in [-0.05, 0) is 92.6 Å². The van der Waals surface area contributed by atoms with Crippen LogP contribution in [0.1, 0.15) is 57.1 Å². The van der Waals surface area contributed by atoms with Crippen LogP contribution in [0.15, 0.2) is 79.0 Å². The number of carbonyl (C=O) groups is 2. The minimum atomic E-state index is -0.371. The highest BCUT2D eigenvalue weighted by Crippen LogP contribution is 2.41. The number of para-hydroxylation sites is 1. The molecule has 2 aromatic carbocycles. The normalized spacial score (nSPS) is 16.4. The first kappa shape index (κ1) is 28.0. The van der Waals surface area contributed by atoms with Crippen LogP contribution in [-0.2, 0) is 9.53 Å². The molecular formula is C32H33N5O3S. The molecule has 0 radical (unpaired) electrons. The van der Waals surface area contributed by atoms with E-state index in [0.717, 1.165) is 39.6 Å². The maximum atomic E-state index is 13.0. The van der Waals surface area contributed by atoms with Crippen molar-refractivity contribution in [3.63, 3.8) is 0 Å². The molecule has 0 saturated carbocycles. The molecular weight excluding hydrogens is 534 g/mol. The number of carbonyl (C=O) groups excluding carboxylic acids is 2. The molecule has 41 heavy (non-hydrogen) atoms. The molecule has 2 N–H and O–H groups in total. The monoisotopic (exact) mass is 567 g/mol. The molecule has 3 heterocycles. The topological polar surface area (TPSA) is 88.5 Å². The van der Waals surface area contributed by atoms with Crippen LogP contribution in [0.25, 0.3) is 5.69 Å². The first-order valence-corrected chi connectivity index (χ1v) is 13.9. The first-order chi connectivity index (χ1) is 19.8. The van der Waals surface area contributed by atoms with E-state index in [1.54, 1.807) is 18.3 Å². The molecule has 0 aliphatic carbocycles. The van der Waals surface area contributed by atoms with E-state index in [-0.39, 0.29) is 30.4 Å². The van der Waals surface area contributed by atoms with Crippen LogP contribution in [0, 0.1) is 20.8 Å². The van der Waals surface area contributed by atoms with Gasteiger partial charge in [-0.25, -0.2) is 4.79 Å². The lowest BCUT2D eigenvalue weighted by molar-refractivity contribution is -0.116. The summed E-state index contributed by atoms with van der Waals surface area (Å²) >= 11 is 5.83. The average molecular weight is 568 g/mol. The molecule has 0 spiro atoms. The minimum Gasteiger partial charge on any atom is -0.465 e. The van der Waals surface area contributed by atoms with Gasteiger partial charge < -0.3 is 24.8 Å². The molecule has 4 aromatic rings. The Hall–Kier alpha value is -4.50. The number of amides is 1. The SMILES string of the molecule is COC(=O)c1ccc(-n2c(C)cc([C@@H]3[C@H](c4ccccn4)NC(=S)N3CCC(=O)Nc3ccccc3C)c2C)cc1. The molecule has 1 saturated heterocycles. The van der Waals surface area contributed by atoms with Crippen LogP contribution < -0.4 is 10.6 Å². The van der Waals surface area contributed by atoms with E-state index >= 15 is 0 Å². The number of rotatable bonds is 8. The Morgan fingerprint density at radius 1 is 1.02 bits per heavy atom. The van der Waals surface area contributed by atoms with Gasteiger partial charge in [-0.2, -0.15) is 0 Å². The van der Waals surface area contributed by atoms with Crippen molar-refractivity contribution in [3.05, 3.63) is 113 Å². The van der Waals surface area contributed by atoms with Crippen molar-refractivity contribution in [2.75, 3.05) is 19.0 Å². The van der Waals surface area contributed by atoms with Gasteiger partial charge in [0.25, 0.3) is 0 Å². The molecule has 2 atom stereocenters. The number of pyridine rings is 1. The first-order valence-electron chi connectivity index (χ1n) is 13.5. The van der Waals surface area contributed by atoms with Gasteiger partial charge in [0, 0.05) is 41.9 Å². The molecule has 2 aromatic heterocycles. The smallest absolute Gasteiger partial charge is 0.337 e. The van der Waals surface area contributed by atoms with E-state index in [9.17, 15) is 9.59 Å². The van der Waals surface area contributed by atoms with E-state index in [1.165, 1.54) is 7.11 Å². The van der Waals surface area contributed by atoms with Gasteiger partial charge in [0.05, 0.1) is 30.5 Å². The Labute approximate surface area is 245 Å². The predicted octanol–water partition coefficient (Wildman–Crippen LogP) is 5.59. The maximum Gasteiger partial charge on any atom is 0.337 e. The third kappa shape index (κ3) is 5.71. The van der Waals surface area contributed by atoms with E-state index in [4.69, 9.17) is 17.0 Å². The highest BCUT2D eigenvalue weighted by Gasteiger charge is 2.41. The Morgan fingerprint density at radius 2 is 1.76 bits per heavy atom. The van der Waals surface area contributed by atoms with Gasteiger partial charge in [-0.3, -0.25) is 9.78 Å². The zero-order chi connectivity index (χ0) is 29.1. The molecule has 1 aliphatic rings. The summed E-state index contributed by atoms with van der Waals surface area (Å²) in [5, 5.41) is 7.09. The van der Waals surface area contributed by atoms with Gasteiger partial charge in [0.2, 0.25) is 5.91 Å². The minimum absolute atomic E-state index is 0.0710. The summed E-state index contributed by atoms with van der Waals surface area (Å²) in [5.41, 5.74) is 7.29. The number of anilines is 1. The van der Waals surface area contributed by atoms with Crippen LogP contribution in [0.2, 0.25) is 0 Å². The number of nitrogens with zero attached hydrogens (tertiary/aromatic N) is 3. The molecule has 0 unspecified atom stereocenters. The fourth-order valence-electron chi connectivity index (χ4n) is 5.48. The lowest BCUT2D eigenvalue weighted by atomic mass is 9.96. The maximum absolute atomic E-state index is 13.0. The molecule has 5 rings (SSSR count). The molecule has 8 nitrogen and oxygen atoms in total. The quantitative estimate of drug-likeness (QED) is 0.212. The van der Waals surface area contributed by atoms with E-state index in [0.29, 0.717) is 17.2 Å². The Morgan fingerprint density at radius 3 is 2.44 bits per heavy atom. The number of aryl methyl sites for hydroxylation is 2.